The van der Waals surface area contributed by atoms with Gasteiger partial charge in [0.15, 0.2) is 12.4 Å². The lowest BCUT2D eigenvalue weighted by atomic mass is 10.1. The zero-order chi connectivity index (χ0) is 13.0. The molecule has 1 aliphatic rings. The molecule has 1 aromatic rings. The number of alkyl halides is 3. The van der Waals surface area contributed by atoms with Crippen molar-refractivity contribution in [3.8, 4) is 0 Å². The fraction of sp³-hybridized carbons (Fsp3) is 0.538. The molecule has 1 aliphatic heterocycles. The molecule has 5 heteroatoms. The van der Waals surface area contributed by atoms with E-state index in [4.69, 9.17) is 9.47 Å². The predicted molar refractivity (Wildman–Crippen MR) is 59.8 cm³/mol. The first-order valence-electron chi connectivity index (χ1n) is 5.93. The molecule has 2 unspecified atom stereocenters. The summed E-state index contributed by atoms with van der Waals surface area (Å²) in [6, 6.07) is 9.33. The molecule has 100 valence electrons. The lowest BCUT2D eigenvalue weighted by Gasteiger charge is -2.31. The van der Waals surface area contributed by atoms with Crippen molar-refractivity contribution in [3.63, 3.8) is 0 Å². The van der Waals surface area contributed by atoms with Gasteiger partial charge in [0.1, 0.15) is 0 Å². The van der Waals surface area contributed by atoms with Crippen molar-refractivity contribution in [2.75, 3.05) is 0 Å². The van der Waals surface area contributed by atoms with Crippen molar-refractivity contribution in [2.24, 2.45) is 0 Å². The van der Waals surface area contributed by atoms with E-state index in [1.54, 1.807) is 0 Å². The quantitative estimate of drug-likeness (QED) is 0.825. The van der Waals surface area contributed by atoms with Gasteiger partial charge in [-0.05, 0) is 24.8 Å². The van der Waals surface area contributed by atoms with Crippen molar-refractivity contribution in [3.05, 3.63) is 35.9 Å². The van der Waals surface area contributed by atoms with Gasteiger partial charge in [0.05, 0.1) is 6.61 Å². The van der Waals surface area contributed by atoms with Crippen LogP contribution < -0.4 is 0 Å². The third-order valence-corrected chi connectivity index (χ3v) is 2.87. The van der Waals surface area contributed by atoms with Gasteiger partial charge in [-0.2, -0.15) is 13.2 Å². The van der Waals surface area contributed by atoms with E-state index in [-0.39, 0.29) is 13.0 Å². The summed E-state index contributed by atoms with van der Waals surface area (Å²) in [6.07, 6.45) is -5.73. The Balaban J connectivity index is 1.83. The lowest BCUT2D eigenvalue weighted by molar-refractivity contribution is -0.289. The first-order chi connectivity index (χ1) is 8.55. The maximum absolute atomic E-state index is 12.5. The second kappa shape index (κ2) is 5.71. The maximum Gasteiger partial charge on any atom is 0.414 e. The van der Waals surface area contributed by atoms with Crippen molar-refractivity contribution in [1.82, 2.24) is 0 Å². The highest BCUT2D eigenvalue weighted by molar-refractivity contribution is 5.13. The number of hydrogen-bond acceptors (Lipinski definition) is 2. The molecular weight excluding hydrogens is 245 g/mol. The summed E-state index contributed by atoms with van der Waals surface area (Å²) in [5.41, 5.74) is 0.926. The first-order valence-corrected chi connectivity index (χ1v) is 5.93. The summed E-state index contributed by atoms with van der Waals surface area (Å²) in [5.74, 6) is 0. The van der Waals surface area contributed by atoms with Gasteiger partial charge in [0, 0.05) is 0 Å². The van der Waals surface area contributed by atoms with Crippen LogP contribution in [-0.4, -0.2) is 18.6 Å². The minimum Gasteiger partial charge on any atom is -0.348 e. The van der Waals surface area contributed by atoms with E-state index >= 15 is 0 Å². The topological polar surface area (TPSA) is 18.5 Å². The summed E-state index contributed by atoms with van der Waals surface area (Å²) in [5, 5.41) is 0. The minimum atomic E-state index is -4.30. The lowest BCUT2D eigenvalue weighted by Crippen LogP contribution is -2.39. The van der Waals surface area contributed by atoms with Crippen molar-refractivity contribution < 1.29 is 22.6 Å². The monoisotopic (exact) mass is 260 g/mol. The van der Waals surface area contributed by atoms with Gasteiger partial charge in [-0.1, -0.05) is 30.3 Å². The SMILES string of the molecule is FC(F)(F)C1CCCC(OCc2ccccc2)O1. The Morgan fingerprint density at radius 3 is 2.56 bits per heavy atom. The van der Waals surface area contributed by atoms with E-state index in [0.29, 0.717) is 12.8 Å². The third-order valence-electron chi connectivity index (χ3n) is 2.87. The summed E-state index contributed by atoms with van der Waals surface area (Å²) < 4.78 is 47.8. The Labute approximate surface area is 104 Å². The van der Waals surface area contributed by atoms with Gasteiger partial charge in [-0.3, -0.25) is 0 Å². The molecule has 0 amide bonds. The zero-order valence-electron chi connectivity index (χ0n) is 9.82. The highest BCUT2D eigenvalue weighted by Crippen LogP contribution is 2.32. The zero-order valence-corrected chi connectivity index (χ0v) is 9.82. The Morgan fingerprint density at radius 2 is 1.89 bits per heavy atom. The van der Waals surface area contributed by atoms with E-state index in [9.17, 15) is 13.2 Å². The number of halogens is 3. The van der Waals surface area contributed by atoms with Gasteiger partial charge >= 0.3 is 6.18 Å². The number of benzene rings is 1. The molecule has 2 atom stereocenters. The first kappa shape index (κ1) is 13.4. The summed E-state index contributed by atoms with van der Waals surface area (Å²) in [6.45, 7) is 0.274. The third kappa shape index (κ3) is 3.71. The summed E-state index contributed by atoms with van der Waals surface area (Å²) in [4.78, 5) is 0. The number of rotatable bonds is 3. The highest BCUT2D eigenvalue weighted by atomic mass is 19.4. The fourth-order valence-electron chi connectivity index (χ4n) is 1.92. The molecule has 0 aliphatic carbocycles. The van der Waals surface area contributed by atoms with E-state index in [2.05, 4.69) is 0 Å². The standard InChI is InChI=1S/C13H15F3O2/c14-13(15,16)11-7-4-8-12(18-11)17-9-10-5-2-1-3-6-10/h1-3,5-6,11-12H,4,7-9H2. The van der Waals surface area contributed by atoms with Gasteiger partial charge in [-0.25, -0.2) is 0 Å². The molecule has 0 spiro atoms. The molecule has 1 heterocycles. The van der Waals surface area contributed by atoms with Crippen LogP contribution >= 0.6 is 0 Å². The second-order valence-corrected chi connectivity index (χ2v) is 4.32. The molecule has 0 bridgehead atoms. The van der Waals surface area contributed by atoms with Crippen LogP contribution in [0.4, 0.5) is 13.2 Å². The van der Waals surface area contributed by atoms with Gasteiger partial charge in [-0.15, -0.1) is 0 Å². The van der Waals surface area contributed by atoms with Crippen LogP contribution in [0.25, 0.3) is 0 Å². The summed E-state index contributed by atoms with van der Waals surface area (Å²) >= 11 is 0. The molecular formula is C13H15F3O2. The van der Waals surface area contributed by atoms with E-state index in [1.807, 2.05) is 30.3 Å². The molecule has 0 saturated carbocycles. The van der Waals surface area contributed by atoms with Crippen LogP contribution in [0.5, 0.6) is 0 Å². The fourth-order valence-corrected chi connectivity index (χ4v) is 1.92. The molecule has 1 fully saturated rings. The van der Waals surface area contributed by atoms with Crippen LogP contribution in [-0.2, 0) is 16.1 Å². The van der Waals surface area contributed by atoms with E-state index in [0.717, 1.165) is 5.56 Å². The van der Waals surface area contributed by atoms with Crippen LogP contribution in [0.15, 0.2) is 30.3 Å². The van der Waals surface area contributed by atoms with Crippen molar-refractivity contribution in [1.29, 1.82) is 0 Å². The van der Waals surface area contributed by atoms with Crippen LogP contribution in [0.3, 0.4) is 0 Å². The molecule has 1 saturated heterocycles. The molecule has 1 aromatic carbocycles. The highest BCUT2D eigenvalue weighted by Gasteiger charge is 2.43. The predicted octanol–water partition coefficient (Wildman–Crippen LogP) is 3.66. The Morgan fingerprint density at radius 1 is 1.17 bits per heavy atom. The molecule has 2 rings (SSSR count). The van der Waals surface area contributed by atoms with E-state index < -0.39 is 18.6 Å². The Kier molecular flexibility index (Phi) is 4.24. The number of ether oxygens (including phenoxy) is 2. The molecule has 2 nitrogen and oxygen atoms in total. The van der Waals surface area contributed by atoms with Crippen LogP contribution in [0.2, 0.25) is 0 Å². The van der Waals surface area contributed by atoms with Crippen LogP contribution in [0, 0.1) is 0 Å². The minimum absolute atomic E-state index is 0.0225. The van der Waals surface area contributed by atoms with Gasteiger partial charge in [0.2, 0.25) is 0 Å². The Bertz CT molecular complexity index is 364. The normalized spacial score (nSPS) is 25.1. The largest absolute Gasteiger partial charge is 0.414 e. The molecule has 0 N–H and O–H groups in total. The van der Waals surface area contributed by atoms with Gasteiger partial charge in [0.25, 0.3) is 0 Å². The van der Waals surface area contributed by atoms with Crippen molar-refractivity contribution in [2.45, 2.75) is 44.4 Å². The van der Waals surface area contributed by atoms with Crippen LogP contribution in [0.1, 0.15) is 24.8 Å². The average Bonchev–Trinajstić information content (AvgIpc) is 2.37. The second-order valence-electron chi connectivity index (χ2n) is 4.32. The van der Waals surface area contributed by atoms with E-state index in [1.165, 1.54) is 0 Å². The average molecular weight is 260 g/mol. The number of hydrogen-bond donors (Lipinski definition) is 0. The summed E-state index contributed by atoms with van der Waals surface area (Å²) in [7, 11) is 0. The van der Waals surface area contributed by atoms with Crippen molar-refractivity contribution >= 4 is 0 Å². The molecule has 0 aromatic heterocycles. The molecule has 18 heavy (non-hydrogen) atoms. The molecule has 0 radical (unpaired) electrons. The van der Waals surface area contributed by atoms with Gasteiger partial charge < -0.3 is 9.47 Å². The maximum atomic E-state index is 12.5. The Hall–Kier alpha value is -1.07. The smallest absolute Gasteiger partial charge is 0.348 e.